The standard InChI is InChI=1S/C14H25N3O3/c1-14(2,3)20-13(19)15-8-9-17-11-7-5-4-6-10(11)16-12(17)18/h10-11H,4-9H2,1-3H3,(H,15,19)(H,16,18). The van der Waals surface area contributed by atoms with Crippen molar-refractivity contribution >= 4 is 12.1 Å². The number of urea groups is 1. The van der Waals surface area contributed by atoms with E-state index >= 15 is 0 Å². The number of nitrogens with zero attached hydrogens (tertiary/aromatic N) is 1. The van der Waals surface area contributed by atoms with Crippen LogP contribution in [0.1, 0.15) is 46.5 Å². The van der Waals surface area contributed by atoms with E-state index in [0.717, 1.165) is 12.8 Å². The van der Waals surface area contributed by atoms with Gasteiger partial charge in [-0.3, -0.25) is 0 Å². The van der Waals surface area contributed by atoms with Gasteiger partial charge in [0.2, 0.25) is 0 Å². The van der Waals surface area contributed by atoms with Gasteiger partial charge < -0.3 is 20.3 Å². The predicted octanol–water partition coefficient (Wildman–Crippen LogP) is 1.85. The van der Waals surface area contributed by atoms with E-state index in [0.29, 0.717) is 13.1 Å². The Morgan fingerprint density at radius 1 is 1.40 bits per heavy atom. The van der Waals surface area contributed by atoms with Crippen molar-refractivity contribution in [2.45, 2.75) is 64.1 Å². The lowest BCUT2D eigenvalue weighted by Crippen LogP contribution is -2.43. The number of carbonyl (C=O) groups excluding carboxylic acids is 2. The minimum absolute atomic E-state index is 0.00658. The van der Waals surface area contributed by atoms with Gasteiger partial charge in [-0.25, -0.2) is 9.59 Å². The monoisotopic (exact) mass is 283 g/mol. The van der Waals surface area contributed by atoms with Gasteiger partial charge in [-0.05, 0) is 33.6 Å². The summed E-state index contributed by atoms with van der Waals surface area (Å²) in [5, 5.41) is 5.72. The number of hydrogen-bond acceptors (Lipinski definition) is 3. The van der Waals surface area contributed by atoms with E-state index in [1.165, 1.54) is 12.8 Å². The quantitative estimate of drug-likeness (QED) is 0.830. The lowest BCUT2D eigenvalue weighted by atomic mass is 9.91. The van der Waals surface area contributed by atoms with Crippen LogP contribution in [0.2, 0.25) is 0 Å². The molecule has 2 unspecified atom stereocenters. The number of amides is 3. The average molecular weight is 283 g/mol. The SMILES string of the molecule is CC(C)(C)OC(=O)NCCN1C(=O)NC2CCCCC21. The van der Waals surface area contributed by atoms with Crippen LogP contribution in [0.5, 0.6) is 0 Å². The Morgan fingerprint density at radius 3 is 2.80 bits per heavy atom. The molecule has 6 heteroatoms. The zero-order chi connectivity index (χ0) is 14.8. The maximum absolute atomic E-state index is 11.9. The van der Waals surface area contributed by atoms with Gasteiger partial charge in [0.1, 0.15) is 5.60 Å². The van der Waals surface area contributed by atoms with E-state index in [-0.39, 0.29) is 18.1 Å². The van der Waals surface area contributed by atoms with Crippen LogP contribution in [0.4, 0.5) is 9.59 Å². The zero-order valence-electron chi connectivity index (χ0n) is 12.6. The Hall–Kier alpha value is -1.46. The zero-order valence-corrected chi connectivity index (χ0v) is 12.6. The molecule has 0 radical (unpaired) electrons. The Morgan fingerprint density at radius 2 is 2.10 bits per heavy atom. The molecular weight excluding hydrogens is 258 g/mol. The normalized spacial score (nSPS) is 25.9. The molecule has 2 atom stereocenters. The molecule has 0 aromatic heterocycles. The summed E-state index contributed by atoms with van der Waals surface area (Å²) in [6.45, 7) is 6.44. The number of nitrogens with one attached hydrogen (secondary N) is 2. The highest BCUT2D eigenvalue weighted by molar-refractivity contribution is 5.77. The van der Waals surface area contributed by atoms with Crippen LogP contribution in [0.15, 0.2) is 0 Å². The fraction of sp³-hybridized carbons (Fsp3) is 0.857. The Bertz CT molecular complexity index is 378. The summed E-state index contributed by atoms with van der Waals surface area (Å²) >= 11 is 0. The predicted molar refractivity (Wildman–Crippen MR) is 75.5 cm³/mol. The second kappa shape index (κ2) is 5.89. The average Bonchev–Trinajstić information content (AvgIpc) is 2.64. The lowest BCUT2D eigenvalue weighted by Gasteiger charge is -2.30. The van der Waals surface area contributed by atoms with E-state index in [1.807, 2.05) is 25.7 Å². The highest BCUT2D eigenvalue weighted by Gasteiger charge is 2.39. The largest absolute Gasteiger partial charge is 0.444 e. The number of hydrogen-bond donors (Lipinski definition) is 2. The fourth-order valence-electron chi connectivity index (χ4n) is 2.90. The summed E-state index contributed by atoms with van der Waals surface area (Å²) < 4.78 is 5.17. The number of fused-ring (bicyclic) bond motifs is 1. The van der Waals surface area contributed by atoms with Crippen molar-refractivity contribution in [3.05, 3.63) is 0 Å². The minimum Gasteiger partial charge on any atom is -0.444 e. The van der Waals surface area contributed by atoms with Gasteiger partial charge in [0.15, 0.2) is 0 Å². The third-order valence-corrected chi connectivity index (χ3v) is 3.72. The smallest absolute Gasteiger partial charge is 0.407 e. The van der Waals surface area contributed by atoms with Gasteiger partial charge in [-0.1, -0.05) is 12.8 Å². The Kier molecular flexibility index (Phi) is 4.40. The first kappa shape index (κ1) is 14.9. The van der Waals surface area contributed by atoms with E-state index < -0.39 is 11.7 Å². The second-order valence-corrected chi connectivity index (χ2v) is 6.53. The summed E-state index contributed by atoms with van der Waals surface area (Å²) in [6, 6.07) is 0.572. The molecule has 2 N–H and O–H groups in total. The maximum atomic E-state index is 11.9. The molecule has 2 fully saturated rings. The van der Waals surface area contributed by atoms with Crippen molar-refractivity contribution in [3.8, 4) is 0 Å². The molecule has 114 valence electrons. The molecule has 1 saturated heterocycles. The minimum atomic E-state index is -0.496. The molecule has 1 aliphatic heterocycles. The highest BCUT2D eigenvalue weighted by atomic mass is 16.6. The fourth-order valence-corrected chi connectivity index (χ4v) is 2.90. The van der Waals surface area contributed by atoms with Crippen molar-refractivity contribution in [3.63, 3.8) is 0 Å². The number of ether oxygens (including phenoxy) is 1. The number of carbonyl (C=O) groups is 2. The first-order valence-electron chi connectivity index (χ1n) is 7.41. The van der Waals surface area contributed by atoms with Gasteiger partial charge in [-0.15, -0.1) is 0 Å². The maximum Gasteiger partial charge on any atom is 0.407 e. The molecule has 6 nitrogen and oxygen atoms in total. The Balaban J connectivity index is 1.76. The van der Waals surface area contributed by atoms with Gasteiger partial charge in [0.25, 0.3) is 0 Å². The van der Waals surface area contributed by atoms with Crippen LogP contribution in [0.25, 0.3) is 0 Å². The molecule has 1 aliphatic carbocycles. The van der Waals surface area contributed by atoms with Gasteiger partial charge >= 0.3 is 12.1 Å². The molecule has 1 saturated carbocycles. The number of rotatable bonds is 3. The van der Waals surface area contributed by atoms with Crippen molar-refractivity contribution in [1.82, 2.24) is 15.5 Å². The third-order valence-electron chi connectivity index (χ3n) is 3.72. The Labute approximate surface area is 120 Å². The summed E-state index contributed by atoms with van der Waals surface area (Å²) in [5.74, 6) is 0. The molecule has 3 amide bonds. The van der Waals surface area contributed by atoms with Gasteiger partial charge in [0, 0.05) is 13.1 Å². The molecule has 0 bridgehead atoms. The number of alkyl carbamates (subject to hydrolysis) is 1. The van der Waals surface area contributed by atoms with Gasteiger partial charge in [-0.2, -0.15) is 0 Å². The molecule has 2 aliphatic rings. The van der Waals surface area contributed by atoms with Crippen molar-refractivity contribution in [2.75, 3.05) is 13.1 Å². The summed E-state index contributed by atoms with van der Waals surface area (Å²) in [6.07, 6.45) is 4.04. The third kappa shape index (κ3) is 3.77. The molecular formula is C14H25N3O3. The highest BCUT2D eigenvalue weighted by Crippen LogP contribution is 2.27. The van der Waals surface area contributed by atoms with E-state index in [9.17, 15) is 9.59 Å². The molecule has 20 heavy (non-hydrogen) atoms. The van der Waals surface area contributed by atoms with Crippen LogP contribution in [0.3, 0.4) is 0 Å². The first-order chi connectivity index (χ1) is 9.37. The van der Waals surface area contributed by atoms with Crippen LogP contribution in [-0.4, -0.2) is 47.8 Å². The van der Waals surface area contributed by atoms with Crippen LogP contribution < -0.4 is 10.6 Å². The van der Waals surface area contributed by atoms with Crippen LogP contribution in [-0.2, 0) is 4.74 Å². The van der Waals surface area contributed by atoms with Crippen molar-refractivity contribution in [2.24, 2.45) is 0 Å². The van der Waals surface area contributed by atoms with Crippen molar-refractivity contribution < 1.29 is 14.3 Å². The summed E-state index contributed by atoms with van der Waals surface area (Å²) in [4.78, 5) is 25.3. The van der Waals surface area contributed by atoms with E-state index in [4.69, 9.17) is 4.74 Å². The molecule has 0 spiro atoms. The molecule has 2 rings (SSSR count). The topological polar surface area (TPSA) is 70.7 Å². The summed E-state index contributed by atoms with van der Waals surface area (Å²) in [7, 11) is 0. The van der Waals surface area contributed by atoms with Crippen molar-refractivity contribution in [1.29, 1.82) is 0 Å². The molecule has 0 aromatic rings. The summed E-state index contributed by atoms with van der Waals surface area (Å²) in [5.41, 5.74) is -0.496. The van der Waals surface area contributed by atoms with Gasteiger partial charge in [0.05, 0.1) is 12.1 Å². The van der Waals surface area contributed by atoms with Crippen LogP contribution in [0, 0.1) is 0 Å². The lowest BCUT2D eigenvalue weighted by molar-refractivity contribution is 0.0521. The van der Waals surface area contributed by atoms with E-state index in [1.54, 1.807) is 0 Å². The second-order valence-electron chi connectivity index (χ2n) is 6.53. The first-order valence-corrected chi connectivity index (χ1v) is 7.41. The van der Waals surface area contributed by atoms with E-state index in [2.05, 4.69) is 10.6 Å². The molecule has 1 heterocycles. The van der Waals surface area contributed by atoms with Crippen LogP contribution >= 0.6 is 0 Å². The molecule has 0 aromatic carbocycles.